The Hall–Kier alpha value is -0.530. The number of hydrogen-bond donors (Lipinski definition) is 1. The van der Waals surface area contributed by atoms with Crippen LogP contribution in [-0.4, -0.2) is 11.9 Å². The molecule has 0 aliphatic heterocycles. The van der Waals surface area contributed by atoms with E-state index in [1.54, 1.807) is 0 Å². The molecule has 82 valence electrons. The first-order valence-corrected chi connectivity index (χ1v) is 5.97. The van der Waals surface area contributed by atoms with Gasteiger partial charge in [-0.3, -0.25) is 4.99 Å². The Morgan fingerprint density at radius 2 is 2.00 bits per heavy atom. The van der Waals surface area contributed by atoms with Gasteiger partial charge in [0.25, 0.3) is 0 Å². The lowest BCUT2D eigenvalue weighted by atomic mass is 9.78. The molecule has 2 nitrogen and oxygen atoms in total. The highest BCUT2D eigenvalue weighted by Crippen LogP contribution is 2.32. The first kappa shape index (κ1) is 11.5. The lowest BCUT2D eigenvalue weighted by molar-refractivity contribution is 0.241. The Bertz CT molecular complexity index is 196. The molecule has 1 aliphatic carbocycles. The average molecular weight is 196 g/mol. The van der Waals surface area contributed by atoms with E-state index < -0.39 is 0 Å². The minimum absolute atomic E-state index is 0.503. The Morgan fingerprint density at radius 1 is 1.36 bits per heavy atom. The lowest BCUT2D eigenvalue weighted by Gasteiger charge is -2.32. The van der Waals surface area contributed by atoms with Crippen LogP contribution in [-0.2, 0) is 0 Å². The summed E-state index contributed by atoms with van der Waals surface area (Å²) in [6.07, 6.45) is 6.17. The first-order chi connectivity index (χ1) is 6.65. The van der Waals surface area contributed by atoms with Crippen LogP contribution in [0.5, 0.6) is 0 Å². The predicted molar refractivity (Wildman–Crippen MR) is 62.5 cm³/mol. The zero-order valence-corrected chi connectivity index (χ0v) is 9.79. The summed E-state index contributed by atoms with van der Waals surface area (Å²) in [4.78, 5) is 4.65. The van der Waals surface area contributed by atoms with Crippen LogP contribution < -0.4 is 5.73 Å². The molecule has 0 spiro atoms. The molecule has 1 fully saturated rings. The van der Waals surface area contributed by atoms with Gasteiger partial charge < -0.3 is 5.73 Å². The fourth-order valence-corrected chi connectivity index (χ4v) is 2.38. The molecule has 0 heterocycles. The van der Waals surface area contributed by atoms with E-state index in [4.69, 9.17) is 5.73 Å². The molecular weight excluding hydrogens is 172 g/mol. The third kappa shape index (κ3) is 3.00. The first-order valence-electron chi connectivity index (χ1n) is 5.97. The van der Waals surface area contributed by atoms with Crippen molar-refractivity contribution >= 4 is 5.84 Å². The van der Waals surface area contributed by atoms with E-state index in [-0.39, 0.29) is 0 Å². The maximum atomic E-state index is 5.82. The second-order valence-corrected chi connectivity index (χ2v) is 4.73. The summed E-state index contributed by atoms with van der Waals surface area (Å²) in [5.41, 5.74) is 5.82. The highest BCUT2D eigenvalue weighted by atomic mass is 14.9. The van der Waals surface area contributed by atoms with Gasteiger partial charge >= 0.3 is 0 Å². The fraction of sp³-hybridized carbons (Fsp3) is 0.917. The van der Waals surface area contributed by atoms with E-state index in [1.165, 1.54) is 25.7 Å². The minimum atomic E-state index is 0.503. The van der Waals surface area contributed by atoms with E-state index in [1.807, 2.05) is 0 Å². The normalized spacial score (nSPS) is 29.6. The van der Waals surface area contributed by atoms with Gasteiger partial charge in [0.1, 0.15) is 0 Å². The van der Waals surface area contributed by atoms with Crippen LogP contribution in [0.2, 0.25) is 0 Å². The number of nitrogens with zero attached hydrogens (tertiary/aromatic N) is 1. The van der Waals surface area contributed by atoms with Gasteiger partial charge in [0.05, 0.1) is 11.9 Å². The van der Waals surface area contributed by atoms with Crippen LogP contribution in [0, 0.1) is 11.8 Å². The summed E-state index contributed by atoms with van der Waals surface area (Å²) in [5.74, 6) is 2.34. The van der Waals surface area contributed by atoms with E-state index in [2.05, 4.69) is 25.8 Å². The predicted octanol–water partition coefficient (Wildman–Crippen LogP) is 2.97. The summed E-state index contributed by atoms with van der Waals surface area (Å²) in [6.45, 7) is 6.69. The highest BCUT2D eigenvalue weighted by molar-refractivity contribution is 5.80. The number of nitrogens with two attached hydrogens (primary N) is 1. The van der Waals surface area contributed by atoms with Gasteiger partial charge in [-0.05, 0) is 24.7 Å². The van der Waals surface area contributed by atoms with Crippen molar-refractivity contribution in [3.63, 3.8) is 0 Å². The number of aliphatic imine (C=N–C) groups is 1. The molecule has 2 heteroatoms. The monoisotopic (exact) mass is 196 g/mol. The van der Waals surface area contributed by atoms with Crippen LogP contribution in [0.15, 0.2) is 4.99 Å². The summed E-state index contributed by atoms with van der Waals surface area (Å²) in [7, 11) is 0. The van der Waals surface area contributed by atoms with Crippen LogP contribution in [0.4, 0.5) is 0 Å². The standard InChI is InChI=1S/C12H24N2/c1-4-12(13)14-11-8-6-5-7-10(11)9(2)3/h9-11H,4-8H2,1-3H3,(H2,13,14). The second kappa shape index (κ2) is 5.38. The van der Waals surface area contributed by atoms with Crippen molar-refractivity contribution in [3.8, 4) is 0 Å². The second-order valence-electron chi connectivity index (χ2n) is 4.73. The molecule has 0 radical (unpaired) electrons. The highest BCUT2D eigenvalue weighted by Gasteiger charge is 2.26. The van der Waals surface area contributed by atoms with E-state index >= 15 is 0 Å². The van der Waals surface area contributed by atoms with Gasteiger partial charge in [-0.15, -0.1) is 0 Å². The largest absolute Gasteiger partial charge is 0.387 e. The SMILES string of the molecule is CCC(N)=NC1CCCCC1C(C)C. The van der Waals surface area contributed by atoms with Crippen molar-refractivity contribution < 1.29 is 0 Å². The van der Waals surface area contributed by atoms with Crippen LogP contribution >= 0.6 is 0 Å². The molecule has 0 amide bonds. The summed E-state index contributed by atoms with van der Waals surface area (Å²) in [5, 5.41) is 0. The van der Waals surface area contributed by atoms with E-state index in [9.17, 15) is 0 Å². The molecule has 0 bridgehead atoms. The van der Waals surface area contributed by atoms with Crippen molar-refractivity contribution in [1.82, 2.24) is 0 Å². The molecule has 1 aliphatic rings. The fourth-order valence-electron chi connectivity index (χ4n) is 2.38. The Balaban J connectivity index is 2.63. The zero-order chi connectivity index (χ0) is 10.6. The molecule has 0 aromatic heterocycles. The minimum Gasteiger partial charge on any atom is -0.387 e. The van der Waals surface area contributed by atoms with Crippen LogP contribution in [0.25, 0.3) is 0 Å². The van der Waals surface area contributed by atoms with E-state index in [0.29, 0.717) is 6.04 Å². The summed E-state index contributed by atoms with van der Waals surface area (Å²) in [6, 6.07) is 0.503. The molecule has 2 atom stereocenters. The maximum absolute atomic E-state index is 5.82. The van der Waals surface area contributed by atoms with Gasteiger partial charge in [-0.2, -0.15) is 0 Å². The van der Waals surface area contributed by atoms with Crippen molar-refractivity contribution in [2.45, 2.75) is 58.9 Å². The van der Waals surface area contributed by atoms with Crippen molar-refractivity contribution in [2.75, 3.05) is 0 Å². The van der Waals surface area contributed by atoms with Gasteiger partial charge in [0.2, 0.25) is 0 Å². The smallest absolute Gasteiger partial charge is 0.0937 e. The zero-order valence-electron chi connectivity index (χ0n) is 9.79. The van der Waals surface area contributed by atoms with Gasteiger partial charge in [-0.25, -0.2) is 0 Å². The topological polar surface area (TPSA) is 38.4 Å². The quantitative estimate of drug-likeness (QED) is 0.547. The summed E-state index contributed by atoms with van der Waals surface area (Å²) < 4.78 is 0. The van der Waals surface area contributed by atoms with Gasteiger partial charge in [0.15, 0.2) is 0 Å². The Labute approximate surface area is 88.0 Å². The molecule has 0 saturated heterocycles. The average Bonchev–Trinajstić information content (AvgIpc) is 2.18. The van der Waals surface area contributed by atoms with Crippen molar-refractivity contribution in [2.24, 2.45) is 22.6 Å². The van der Waals surface area contributed by atoms with Crippen molar-refractivity contribution in [1.29, 1.82) is 0 Å². The Kier molecular flexibility index (Phi) is 4.43. The lowest BCUT2D eigenvalue weighted by Crippen LogP contribution is -2.29. The third-order valence-corrected chi connectivity index (χ3v) is 3.33. The summed E-state index contributed by atoms with van der Waals surface area (Å²) >= 11 is 0. The molecule has 1 saturated carbocycles. The number of hydrogen-bond acceptors (Lipinski definition) is 1. The van der Waals surface area contributed by atoms with Gasteiger partial charge in [0, 0.05) is 6.42 Å². The molecular formula is C12H24N2. The van der Waals surface area contributed by atoms with Crippen LogP contribution in [0.1, 0.15) is 52.9 Å². The number of amidine groups is 1. The van der Waals surface area contributed by atoms with Crippen molar-refractivity contribution in [3.05, 3.63) is 0 Å². The molecule has 14 heavy (non-hydrogen) atoms. The molecule has 0 aromatic carbocycles. The Morgan fingerprint density at radius 3 is 2.57 bits per heavy atom. The molecule has 2 N–H and O–H groups in total. The van der Waals surface area contributed by atoms with E-state index in [0.717, 1.165) is 24.1 Å². The molecule has 2 unspecified atom stereocenters. The third-order valence-electron chi connectivity index (χ3n) is 3.33. The molecule has 0 aromatic rings. The van der Waals surface area contributed by atoms with Gasteiger partial charge in [-0.1, -0.05) is 33.6 Å². The molecule has 1 rings (SSSR count). The van der Waals surface area contributed by atoms with Crippen LogP contribution in [0.3, 0.4) is 0 Å². The number of rotatable bonds is 3. The maximum Gasteiger partial charge on any atom is 0.0937 e.